The Labute approximate surface area is 162 Å². The Hall–Kier alpha value is -3.26. The largest absolute Gasteiger partial charge is 0.495 e. The van der Waals surface area contributed by atoms with Crippen molar-refractivity contribution in [3.05, 3.63) is 48.5 Å². The number of nitrogens with zero attached hydrogens (tertiary/aromatic N) is 2. The van der Waals surface area contributed by atoms with Gasteiger partial charge < -0.3 is 23.5 Å². The molecule has 0 unspecified atom stereocenters. The van der Waals surface area contributed by atoms with Gasteiger partial charge in [-0.05, 0) is 24.3 Å². The summed E-state index contributed by atoms with van der Waals surface area (Å²) in [7, 11) is 1.54. The molecule has 8 nitrogen and oxygen atoms in total. The first-order chi connectivity index (χ1) is 13.7. The number of fused-ring (bicyclic) bond motifs is 1. The summed E-state index contributed by atoms with van der Waals surface area (Å²) in [5, 5.41) is 2.71. The lowest BCUT2D eigenvalue weighted by Gasteiger charge is -2.22. The predicted octanol–water partition coefficient (Wildman–Crippen LogP) is 3.29. The number of anilines is 2. The fraction of sp³-hybridized carbons (Fsp3) is 0.300. The van der Waals surface area contributed by atoms with Gasteiger partial charge in [-0.25, -0.2) is 4.79 Å². The quantitative estimate of drug-likeness (QED) is 0.740. The van der Waals surface area contributed by atoms with E-state index in [-0.39, 0.29) is 0 Å². The molecule has 1 atom stereocenters. The molecule has 1 N–H and O–H groups in total. The molecule has 1 saturated heterocycles. The highest BCUT2D eigenvalue weighted by atomic mass is 16.6. The molecule has 3 aromatic rings. The molecule has 0 aliphatic carbocycles. The van der Waals surface area contributed by atoms with Crippen molar-refractivity contribution in [1.82, 2.24) is 4.98 Å². The number of carbonyl (C=O) groups is 1. The number of rotatable bonds is 4. The predicted molar refractivity (Wildman–Crippen MR) is 104 cm³/mol. The van der Waals surface area contributed by atoms with Crippen molar-refractivity contribution in [1.29, 1.82) is 0 Å². The molecule has 28 heavy (non-hydrogen) atoms. The summed E-state index contributed by atoms with van der Waals surface area (Å²) < 4.78 is 22.2. The van der Waals surface area contributed by atoms with E-state index in [1.807, 2.05) is 41.3 Å². The number of ether oxygens (including phenoxy) is 3. The number of amides is 1. The fourth-order valence-electron chi connectivity index (χ4n) is 3.06. The van der Waals surface area contributed by atoms with Crippen molar-refractivity contribution in [2.24, 2.45) is 0 Å². The molecule has 1 aliphatic heterocycles. The molecular weight excluding hydrogens is 362 g/mol. The number of nitrogens with one attached hydrogen (secondary N) is 1. The van der Waals surface area contributed by atoms with E-state index in [2.05, 4.69) is 10.3 Å². The van der Waals surface area contributed by atoms with E-state index in [4.69, 9.17) is 18.6 Å². The van der Waals surface area contributed by atoms with Crippen molar-refractivity contribution in [2.75, 3.05) is 43.6 Å². The van der Waals surface area contributed by atoms with Crippen LogP contribution in [0.15, 0.2) is 52.9 Å². The summed E-state index contributed by atoms with van der Waals surface area (Å²) in [6.45, 7) is 1.82. The first-order valence-electron chi connectivity index (χ1n) is 9.02. The zero-order valence-electron chi connectivity index (χ0n) is 15.5. The molecule has 0 radical (unpaired) electrons. The molecule has 2 aromatic carbocycles. The fourth-order valence-corrected chi connectivity index (χ4v) is 3.06. The molecule has 0 bridgehead atoms. The number of hydrogen-bond donors (Lipinski definition) is 1. The van der Waals surface area contributed by atoms with Crippen LogP contribution >= 0.6 is 0 Å². The zero-order chi connectivity index (χ0) is 19.3. The highest BCUT2D eigenvalue weighted by molar-refractivity contribution is 5.86. The van der Waals surface area contributed by atoms with Gasteiger partial charge in [0.15, 0.2) is 5.58 Å². The third-order valence-electron chi connectivity index (χ3n) is 4.40. The lowest BCUT2D eigenvalue weighted by atomic mass is 10.3. The van der Waals surface area contributed by atoms with Crippen LogP contribution in [-0.2, 0) is 9.47 Å². The molecule has 1 aromatic heterocycles. The van der Waals surface area contributed by atoms with Gasteiger partial charge in [-0.2, -0.15) is 4.98 Å². The molecule has 1 amide bonds. The summed E-state index contributed by atoms with van der Waals surface area (Å²) in [6, 6.07) is 15.2. The van der Waals surface area contributed by atoms with E-state index in [1.54, 1.807) is 19.2 Å². The zero-order valence-corrected chi connectivity index (χ0v) is 15.5. The highest BCUT2D eigenvalue weighted by Crippen LogP contribution is 2.24. The standard InChI is InChI=1S/C20H21N3O5/c1-25-17-8-4-2-6-15(17)22-20(24)27-14-12-23(10-11-26-13-14)19-21-16-7-3-5-9-18(16)28-19/h2-9,14H,10-13H2,1H3,(H,22,24)/t14-/m1/s1. The summed E-state index contributed by atoms with van der Waals surface area (Å²) in [5.41, 5.74) is 2.04. The van der Waals surface area contributed by atoms with Gasteiger partial charge >= 0.3 is 6.09 Å². The minimum atomic E-state index is -0.572. The van der Waals surface area contributed by atoms with Gasteiger partial charge in [0.2, 0.25) is 0 Å². The number of carbonyl (C=O) groups excluding carboxylic acids is 1. The van der Waals surface area contributed by atoms with E-state index < -0.39 is 12.2 Å². The first-order valence-corrected chi connectivity index (χ1v) is 9.02. The number of hydrogen-bond acceptors (Lipinski definition) is 7. The Morgan fingerprint density at radius 2 is 2.04 bits per heavy atom. The Bertz CT molecular complexity index is 925. The van der Waals surface area contributed by atoms with Gasteiger partial charge in [-0.15, -0.1) is 0 Å². The number of methoxy groups -OCH3 is 1. The second-order valence-corrected chi connectivity index (χ2v) is 6.34. The molecule has 146 valence electrons. The molecular formula is C20H21N3O5. The van der Waals surface area contributed by atoms with Crippen LogP contribution in [0.5, 0.6) is 5.75 Å². The van der Waals surface area contributed by atoms with Crippen LogP contribution in [0.4, 0.5) is 16.5 Å². The van der Waals surface area contributed by atoms with E-state index in [9.17, 15) is 4.79 Å². The Balaban J connectivity index is 1.43. The minimum absolute atomic E-state index is 0.302. The second kappa shape index (κ2) is 8.18. The topological polar surface area (TPSA) is 86.1 Å². The molecule has 1 aliphatic rings. The van der Waals surface area contributed by atoms with Crippen molar-refractivity contribution in [3.8, 4) is 5.75 Å². The maximum Gasteiger partial charge on any atom is 0.412 e. The highest BCUT2D eigenvalue weighted by Gasteiger charge is 2.25. The minimum Gasteiger partial charge on any atom is -0.495 e. The molecule has 2 heterocycles. The van der Waals surface area contributed by atoms with Gasteiger partial charge in [0.1, 0.15) is 17.4 Å². The number of para-hydroxylation sites is 4. The maximum atomic E-state index is 12.3. The van der Waals surface area contributed by atoms with Gasteiger partial charge in [0.05, 0.1) is 32.6 Å². The number of oxazole rings is 1. The molecule has 0 saturated carbocycles. The molecule has 4 rings (SSSR count). The Morgan fingerprint density at radius 1 is 1.21 bits per heavy atom. The van der Waals surface area contributed by atoms with Gasteiger partial charge in [-0.1, -0.05) is 24.3 Å². The lowest BCUT2D eigenvalue weighted by molar-refractivity contribution is 0.0443. The summed E-state index contributed by atoms with van der Waals surface area (Å²) in [5.74, 6) is 0.560. The van der Waals surface area contributed by atoms with Crippen LogP contribution in [-0.4, -0.2) is 50.6 Å². The van der Waals surface area contributed by atoms with Crippen LogP contribution in [0, 0.1) is 0 Å². The maximum absolute atomic E-state index is 12.3. The Morgan fingerprint density at radius 3 is 2.89 bits per heavy atom. The second-order valence-electron chi connectivity index (χ2n) is 6.34. The summed E-state index contributed by atoms with van der Waals surface area (Å²) in [6.07, 6.45) is -1.04. The molecule has 8 heteroatoms. The van der Waals surface area contributed by atoms with Crippen molar-refractivity contribution < 1.29 is 23.4 Å². The van der Waals surface area contributed by atoms with Crippen molar-refractivity contribution in [3.63, 3.8) is 0 Å². The van der Waals surface area contributed by atoms with Gasteiger partial charge in [-0.3, -0.25) is 5.32 Å². The van der Waals surface area contributed by atoms with Crippen LogP contribution in [0.1, 0.15) is 0 Å². The molecule has 0 spiro atoms. The third kappa shape index (κ3) is 4.01. The smallest absolute Gasteiger partial charge is 0.412 e. The monoisotopic (exact) mass is 383 g/mol. The number of benzene rings is 2. The van der Waals surface area contributed by atoms with E-state index in [1.165, 1.54) is 0 Å². The first kappa shape index (κ1) is 18.1. The van der Waals surface area contributed by atoms with Crippen LogP contribution in [0.2, 0.25) is 0 Å². The normalized spacial score (nSPS) is 17.2. The van der Waals surface area contributed by atoms with Crippen LogP contribution < -0.4 is 15.0 Å². The van der Waals surface area contributed by atoms with E-state index in [0.29, 0.717) is 49.3 Å². The van der Waals surface area contributed by atoms with Crippen molar-refractivity contribution in [2.45, 2.75) is 6.10 Å². The van der Waals surface area contributed by atoms with Crippen LogP contribution in [0.3, 0.4) is 0 Å². The van der Waals surface area contributed by atoms with Crippen molar-refractivity contribution >= 4 is 28.9 Å². The van der Waals surface area contributed by atoms with Crippen LogP contribution in [0.25, 0.3) is 11.1 Å². The number of aromatic nitrogens is 1. The SMILES string of the molecule is COc1ccccc1NC(=O)O[C@H]1COCCN(c2nc3ccccc3o2)C1. The molecule has 1 fully saturated rings. The average Bonchev–Trinajstić information content (AvgIpc) is 3.01. The van der Waals surface area contributed by atoms with Gasteiger partial charge in [0.25, 0.3) is 6.01 Å². The average molecular weight is 383 g/mol. The lowest BCUT2D eigenvalue weighted by Crippen LogP contribution is -2.36. The summed E-state index contributed by atoms with van der Waals surface area (Å²) >= 11 is 0. The third-order valence-corrected chi connectivity index (χ3v) is 4.40. The van der Waals surface area contributed by atoms with E-state index in [0.717, 1.165) is 5.52 Å². The Kier molecular flexibility index (Phi) is 5.29. The summed E-state index contributed by atoms with van der Waals surface area (Å²) in [4.78, 5) is 18.8. The van der Waals surface area contributed by atoms with Gasteiger partial charge in [0, 0.05) is 6.54 Å². The van der Waals surface area contributed by atoms with E-state index >= 15 is 0 Å².